The Labute approximate surface area is 164 Å². The van der Waals surface area contributed by atoms with E-state index in [1.165, 1.54) is 0 Å². The number of nitrogen functional groups attached to an aromatic ring is 1. The number of amides is 1. The van der Waals surface area contributed by atoms with E-state index >= 15 is 0 Å². The molecule has 1 heterocycles. The molecule has 0 aliphatic heterocycles. The molecule has 0 spiro atoms. The minimum Gasteiger partial charge on any atom is -0.444 e. The summed E-state index contributed by atoms with van der Waals surface area (Å²) in [6.45, 7) is 5.47. The SMILES string of the molecule is CC(C)(C)OC(=O)Nc1ccc(-c2cnc(N)c(Cc3ccccc3)n2)cc1. The van der Waals surface area contributed by atoms with Crippen LogP contribution in [0.5, 0.6) is 0 Å². The number of nitrogens with one attached hydrogen (secondary N) is 1. The van der Waals surface area contributed by atoms with Crippen molar-refractivity contribution < 1.29 is 9.53 Å². The third-order valence-corrected chi connectivity index (χ3v) is 3.92. The lowest BCUT2D eigenvalue weighted by atomic mass is 10.1. The Morgan fingerprint density at radius 2 is 1.75 bits per heavy atom. The van der Waals surface area contributed by atoms with Gasteiger partial charge in [-0.1, -0.05) is 42.5 Å². The summed E-state index contributed by atoms with van der Waals surface area (Å²) in [5, 5.41) is 2.71. The summed E-state index contributed by atoms with van der Waals surface area (Å²) >= 11 is 0. The monoisotopic (exact) mass is 376 g/mol. The zero-order valence-corrected chi connectivity index (χ0v) is 16.3. The van der Waals surface area contributed by atoms with Crippen molar-refractivity contribution in [2.24, 2.45) is 0 Å². The molecule has 0 fully saturated rings. The molecule has 1 aromatic heterocycles. The molecule has 2 aromatic carbocycles. The van der Waals surface area contributed by atoms with Gasteiger partial charge in [0.25, 0.3) is 0 Å². The van der Waals surface area contributed by atoms with Crippen LogP contribution in [0.25, 0.3) is 11.3 Å². The maximum Gasteiger partial charge on any atom is 0.412 e. The van der Waals surface area contributed by atoms with Crippen molar-refractivity contribution in [2.75, 3.05) is 11.1 Å². The maximum atomic E-state index is 11.9. The number of nitrogens with two attached hydrogens (primary N) is 1. The largest absolute Gasteiger partial charge is 0.444 e. The zero-order valence-electron chi connectivity index (χ0n) is 16.3. The van der Waals surface area contributed by atoms with Crippen LogP contribution < -0.4 is 11.1 Å². The lowest BCUT2D eigenvalue weighted by Gasteiger charge is -2.19. The fraction of sp³-hybridized carbons (Fsp3) is 0.227. The van der Waals surface area contributed by atoms with E-state index < -0.39 is 11.7 Å². The molecule has 0 radical (unpaired) electrons. The van der Waals surface area contributed by atoms with E-state index in [1.54, 1.807) is 18.3 Å². The highest BCUT2D eigenvalue weighted by molar-refractivity contribution is 5.85. The molecule has 0 unspecified atom stereocenters. The highest BCUT2D eigenvalue weighted by Gasteiger charge is 2.16. The Bertz CT molecular complexity index is 949. The van der Waals surface area contributed by atoms with Crippen LogP contribution >= 0.6 is 0 Å². The normalized spacial score (nSPS) is 11.1. The first-order valence-corrected chi connectivity index (χ1v) is 9.06. The Hall–Kier alpha value is -3.41. The van der Waals surface area contributed by atoms with Crippen molar-refractivity contribution in [1.29, 1.82) is 0 Å². The van der Waals surface area contributed by atoms with Gasteiger partial charge in [-0.2, -0.15) is 0 Å². The van der Waals surface area contributed by atoms with Crippen molar-refractivity contribution in [1.82, 2.24) is 9.97 Å². The lowest BCUT2D eigenvalue weighted by molar-refractivity contribution is 0.0636. The number of rotatable bonds is 4. The Kier molecular flexibility index (Phi) is 5.59. The van der Waals surface area contributed by atoms with Crippen LogP contribution in [0.1, 0.15) is 32.0 Å². The molecule has 0 saturated heterocycles. The van der Waals surface area contributed by atoms with Crippen LogP contribution in [0.2, 0.25) is 0 Å². The van der Waals surface area contributed by atoms with Gasteiger partial charge >= 0.3 is 6.09 Å². The topological polar surface area (TPSA) is 90.1 Å². The summed E-state index contributed by atoms with van der Waals surface area (Å²) in [7, 11) is 0. The smallest absolute Gasteiger partial charge is 0.412 e. The van der Waals surface area contributed by atoms with Gasteiger partial charge in [0.1, 0.15) is 11.4 Å². The van der Waals surface area contributed by atoms with Crippen LogP contribution in [0.3, 0.4) is 0 Å². The van der Waals surface area contributed by atoms with E-state index in [0.29, 0.717) is 17.9 Å². The number of hydrogen-bond acceptors (Lipinski definition) is 5. The van der Waals surface area contributed by atoms with Crippen molar-refractivity contribution in [3.05, 3.63) is 72.1 Å². The van der Waals surface area contributed by atoms with Crippen LogP contribution in [-0.2, 0) is 11.2 Å². The summed E-state index contributed by atoms with van der Waals surface area (Å²) in [5.74, 6) is 0.427. The van der Waals surface area contributed by atoms with Gasteiger partial charge in [-0.3, -0.25) is 5.32 Å². The molecule has 144 valence electrons. The number of nitrogens with zero attached hydrogens (tertiary/aromatic N) is 2. The molecule has 6 heteroatoms. The molecule has 1 amide bonds. The zero-order chi connectivity index (χ0) is 20.1. The van der Waals surface area contributed by atoms with E-state index in [1.807, 2.05) is 63.2 Å². The Morgan fingerprint density at radius 3 is 2.39 bits per heavy atom. The number of carbonyl (C=O) groups is 1. The fourth-order valence-corrected chi connectivity index (χ4v) is 2.64. The molecule has 0 atom stereocenters. The van der Waals surface area contributed by atoms with Gasteiger partial charge in [0, 0.05) is 17.7 Å². The van der Waals surface area contributed by atoms with Gasteiger partial charge < -0.3 is 10.5 Å². The summed E-state index contributed by atoms with van der Waals surface area (Å²) < 4.78 is 5.26. The summed E-state index contributed by atoms with van der Waals surface area (Å²) in [5.41, 5.74) is 9.58. The predicted molar refractivity (Wildman–Crippen MR) is 111 cm³/mol. The predicted octanol–water partition coefficient (Wildman–Crippen LogP) is 4.66. The second kappa shape index (κ2) is 8.08. The summed E-state index contributed by atoms with van der Waals surface area (Å²) in [6.07, 6.45) is 1.78. The Morgan fingerprint density at radius 1 is 1.07 bits per heavy atom. The van der Waals surface area contributed by atoms with Gasteiger partial charge in [0.05, 0.1) is 17.6 Å². The standard InChI is InChI=1S/C22H24N4O2/c1-22(2,3)28-21(27)25-17-11-9-16(10-12-17)19-14-24-20(23)18(26-19)13-15-7-5-4-6-8-15/h4-12,14H,13H2,1-3H3,(H2,23,24)(H,25,27). The number of anilines is 2. The van der Waals surface area contributed by atoms with Crippen molar-refractivity contribution >= 4 is 17.6 Å². The van der Waals surface area contributed by atoms with Crippen LogP contribution in [0.15, 0.2) is 60.8 Å². The summed E-state index contributed by atoms with van der Waals surface area (Å²) in [4.78, 5) is 20.8. The van der Waals surface area contributed by atoms with Gasteiger partial charge in [-0.25, -0.2) is 14.8 Å². The third-order valence-electron chi connectivity index (χ3n) is 3.92. The molecule has 0 bridgehead atoms. The van der Waals surface area contributed by atoms with Gasteiger partial charge in [-0.15, -0.1) is 0 Å². The molecule has 3 rings (SSSR count). The molecule has 3 N–H and O–H groups in total. The van der Waals surface area contributed by atoms with Gasteiger partial charge in [0.15, 0.2) is 0 Å². The second-order valence-corrected chi connectivity index (χ2v) is 7.45. The molecule has 0 aliphatic carbocycles. The molecular formula is C22H24N4O2. The minimum absolute atomic E-state index is 0.427. The van der Waals surface area contributed by atoms with Crippen LogP contribution in [0.4, 0.5) is 16.3 Å². The van der Waals surface area contributed by atoms with E-state index in [-0.39, 0.29) is 0 Å². The number of ether oxygens (including phenoxy) is 1. The maximum absolute atomic E-state index is 11.9. The number of aromatic nitrogens is 2. The van der Waals surface area contributed by atoms with Crippen LogP contribution in [0, 0.1) is 0 Å². The average Bonchev–Trinajstić information content (AvgIpc) is 2.63. The average molecular weight is 376 g/mol. The molecule has 0 aliphatic rings. The van der Waals surface area contributed by atoms with Gasteiger partial charge in [0.2, 0.25) is 0 Å². The summed E-state index contributed by atoms with van der Waals surface area (Å²) in [6, 6.07) is 17.4. The Balaban J connectivity index is 1.75. The molecule has 0 saturated carbocycles. The molecule has 28 heavy (non-hydrogen) atoms. The fourth-order valence-electron chi connectivity index (χ4n) is 2.64. The number of benzene rings is 2. The third kappa shape index (κ3) is 5.30. The quantitative estimate of drug-likeness (QED) is 0.691. The van der Waals surface area contributed by atoms with E-state index in [9.17, 15) is 4.79 Å². The first-order chi connectivity index (χ1) is 13.3. The highest BCUT2D eigenvalue weighted by atomic mass is 16.6. The van der Waals surface area contributed by atoms with E-state index in [4.69, 9.17) is 10.5 Å². The van der Waals surface area contributed by atoms with Crippen LogP contribution in [-0.4, -0.2) is 21.7 Å². The first-order valence-electron chi connectivity index (χ1n) is 9.06. The number of hydrogen-bond donors (Lipinski definition) is 2. The van der Waals surface area contributed by atoms with E-state index in [2.05, 4.69) is 15.3 Å². The van der Waals surface area contributed by atoms with Crippen molar-refractivity contribution in [3.8, 4) is 11.3 Å². The second-order valence-electron chi connectivity index (χ2n) is 7.45. The van der Waals surface area contributed by atoms with Gasteiger partial charge in [-0.05, 0) is 38.5 Å². The molecule has 6 nitrogen and oxygen atoms in total. The van der Waals surface area contributed by atoms with E-state index in [0.717, 1.165) is 22.5 Å². The van der Waals surface area contributed by atoms with Crippen molar-refractivity contribution in [2.45, 2.75) is 32.8 Å². The molecular weight excluding hydrogens is 352 g/mol. The molecule has 3 aromatic rings. The highest BCUT2D eigenvalue weighted by Crippen LogP contribution is 2.22. The number of carbonyl (C=O) groups excluding carboxylic acids is 1. The lowest BCUT2D eigenvalue weighted by Crippen LogP contribution is -2.27. The first kappa shape index (κ1) is 19.4. The van der Waals surface area contributed by atoms with Crippen molar-refractivity contribution in [3.63, 3.8) is 0 Å². The minimum atomic E-state index is -0.543.